The molecular weight excluding hydrogens is 374 g/mol. The number of hydrogen-bond acceptors (Lipinski definition) is 6. The van der Waals surface area contributed by atoms with E-state index in [4.69, 9.17) is 14.2 Å². The Balaban J connectivity index is 1.58. The standard InChI is InChI=1S/C21H25N3O5/c1-27-18-6-5-14(10-19(18)28-2)12-23-21(26)17-11-15(7-8-22-17)20(25)24-13-16-4-3-9-29-16/h5-8,10-11,16H,3-4,9,12-13H2,1-2H3,(H,23,26)(H,24,25). The van der Waals surface area contributed by atoms with E-state index in [9.17, 15) is 9.59 Å². The number of benzene rings is 1. The van der Waals surface area contributed by atoms with E-state index in [2.05, 4.69) is 15.6 Å². The van der Waals surface area contributed by atoms with Crippen molar-refractivity contribution in [1.82, 2.24) is 15.6 Å². The summed E-state index contributed by atoms with van der Waals surface area (Å²) in [6.07, 6.45) is 3.47. The highest BCUT2D eigenvalue weighted by molar-refractivity contribution is 5.98. The normalized spacial score (nSPS) is 15.6. The number of nitrogens with zero attached hydrogens (tertiary/aromatic N) is 1. The van der Waals surface area contributed by atoms with Crippen LogP contribution >= 0.6 is 0 Å². The third-order valence-corrected chi connectivity index (χ3v) is 4.67. The number of amides is 2. The molecule has 1 aliphatic rings. The Morgan fingerprint density at radius 2 is 1.93 bits per heavy atom. The number of ether oxygens (including phenoxy) is 3. The van der Waals surface area contributed by atoms with E-state index in [-0.39, 0.29) is 30.2 Å². The van der Waals surface area contributed by atoms with Gasteiger partial charge in [0, 0.05) is 31.5 Å². The lowest BCUT2D eigenvalue weighted by molar-refractivity contribution is 0.0857. The molecular formula is C21H25N3O5. The molecule has 1 aromatic carbocycles. The average molecular weight is 399 g/mol. The van der Waals surface area contributed by atoms with Gasteiger partial charge >= 0.3 is 0 Å². The maximum atomic E-state index is 12.5. The van der Waals surface area contributed by atoms with Gasteiger partial charge < -0.3 is 24.8 Å². The van der Waals surface area contributed by atoms with Crippen molar-refractivity contribution in [2.75, 3.05) is 27.4 Å². The SMILES string of the molecule is COc1ccc(CNC(=O)c2cc(C(=O)NCC3CCCO3)ccn2)cc1OC. The lowest BCUT2D eigenvalue weighted by Gasteiger charge is -2.12. The van der Waals surface area contributed by atoms with Crippen molar-refractivity contribution in [3.8, 4) is 11.5 Å². The van der Waals surface area contributed by atoms with Crippen molar-refractivity contribution >= 4 is 11.8 Å². The molecule has 0 spiro atoms. The molecule has 0 radical (unpaired) electrons. The first-order valence-electron chi connectivity index (χ1n) is 9.45. The van der Waals surface area contributed by atoms with Crippen LogP contribution in [0.25, 0.3) is 0 Å². The second kappa shape index (κ2) is 9.88. The molecule has 1 fully saturated rings. The number of hydrogen-bond donors (Lipinski definition) is 2. The molecule has 0 aliphatic carbocycles. The highest BCUT2D eigenvalue weighted by atomic mass is 16.5. The number of carbonyl (C=O) groups is 2. The van der Waals surface area contributed by atoms with Crippen LogP contribution in [-0.4, -0.2) is 50.3 Å². The molecule has 2 N–H and O–H groups in total. The van der Waals surface area contributed by atoms with Crippen molar-refractivity contribution < 1.29 is 23.8 Å². The maximum absolute atomic E-state index is 12.5. The van der Waals surface area contributed by atoms with Crippen LogP contribution in [0.3, 0.4) is 0 Å². The van der Waals surface area contributed by atoms with E-state index in [1.54, 1.807) is 32.4 Å². The van der Waals surface area contributed by atoms with E-state index in [1.807, 2.05) is 6.07 Å². The molecule has 0 bridgehead atoms. The summed E-state index contributed by atoms with van der Waals surface area (Å²) in [5, 5.41) is 5.64. The molecule has 1 unspecified atom stereocenters. The van der Waals surface area contributed by atoms with Crippen LogP contribution in [-0.2, 0) is 11.3 Å². The average Bonchev–Trinajstić information content (AvgIpc) is 3.29. The van der Waals surface area contributed by atoms with Crippen LogP contribution in [0.5, 0.6) is 11.5 Å². The first kappa shape index (κ1) is 20.6. The zero-order valence-corrected chi connectivity index (χ0v) is 16.6. The quantitative estimate of drug-likeness (QED) is 0.704. The monoisotopic (exact) mass is 399 g/mol. The summed E-state index contributed by atoms with van der Waals surface area (Å²) in [6, 6.07) is 8.47. The third kappa shape index (κ3) is 5.45. The number of rotatable bonds is 8. The molecule has 2 aromatic rings. The predicted octanol–water partition coefficient (Wildman–Crippen LogP) is 1.94. The Hall–Kier alpha value is -3.13. The van der Waals surface area contributed by atoms with Gasteiger partial charge in [-0.25, -0.2) is 0 Å². The van der Waals surface area contributed by atoms with E-state index < -0.39 is 0 Å². The molecule has 2 amide bonds. The van der Waals surface area contributed by atoms with Crippen molar-refractivity contribution in [3.63, 3.8) is 0 Å². The van der Waals surface area contributed by atoms with Gasteiger partial charge in [0.05, 0.1) is 20.3 Å². The van der Waals surface area contributed by atoms with Crippen molar-refractivity contribution in [3.05, 3.63) is 53.3 Å². The van der Waals surface area contributed by atoms with Crippen LogP contribution in [0.15, 0.2) is 36.5 Å². The van der Waals surface area contributed by atoms with Gasteiger partial charge in [-0.05, 0) is 42.7 Å². The van der Waals surface area contributed by atoms with Crippen molar-refractivity contribution in [2.24, 2.45) is 0 Å². The van der Waals surface area contributed by atoms with Gasteiger partial charge in [-0.2, -0.15) is 0 Å². The highest BCUT2D eigenvalue weighted by Crippen LogP contribution is 2.27. The molecule has 3 rings (SSSR count). The van der Waals surface area contributed by atoms with Gasteiger partial charge in [0.2, 0.25) is 0 Å². The number of pyridine rings is 1. The van der Waals surface area contributed by atoms with Gasteiger partial charge in [0.25, 0.3) is 11.8 Å². The lowest BCUT2D eigenvalue weighted by Crippen LogP contribution is -2.32. The molecule has 1 aliphatic heterocycles. The fourth-order valence-corrected chi connectivity index (χ4v) is 3.07. The minimum atomic E-state index is -0.367. The molecule has 1 aromatic heterocycles. The molecule has 1 atom stereocenters. The van der Waals surface area contributed by atoms with E-state index in [1.165, 1.54) is 12.3 Å². The summed E-state index contributed by atoms with van der Waals surface area (Å²) < 4.78 is 16.0. The van der Waals surface area contributed by atoms with E-state index in [0.29, 0.717) is 23.6 Å². The molecule has 8 nitrogen and oxygen atoms in total. The van der Waals surface area contributed by atoms with E-state index >= 15 is 0 Å². The largest absolute Gasteiger partial charge is 0.493 e. The van der Waals surface area contributed by atoms with Crippen molar-refractivity contribution in [1.29, 1.82) is 0 Å². The Kier molecular flexibility index (Phi) is 7.02. The van der Waals surface area contributed by atoms with Crippen molar-refractivity contribution in [2.45, 2.75) is 25.5 Å². The van der Waals surface area contributed by atoms with E-state index in [0.717, 1.165) is 25.0 Å². The second-order valence-electron chi connectivity index (χ2n) is 6.65. The van der Waals surface area contributed by atoms with Gasteiger partial charge in [-0.3, -0.25) is 14.6 Å². The smallest absolute Gasteiger partial charge is 0.270 e. The summed E-state index contributed by atoms with van der Waals surface area (Å²) in [5.74, 6) is 0.582. The number of nitrogens with one attached hydrogen (secondary N) is 2. The van der Waals surface area contributed by atoms with Crippen LogP contribution < -0.4 is 20.1 Å². The molecule has 0 saturated carbocycles. The van der Waals surface area contributed by atoms with Crippen LogP contribution in [0.4, 0.5) is 0 Å². The highest BCUT2D eigenvalue weighted by Gasteiger charge is 2.17. The zero-order valence-electron chi connectivity index (χ0n) is 16.6. The van der Waals surface area contributed by atoms with Crippen LogP contribution in [0.1, 0.15) is 39.3 Å². The fourth-order valence-electron chi connectivity index (χ4n) is 3.07. The minimum absolute atomic E-state index is 0.0602. The van der Waals surface area contributed by atoms with Gasteiger partial charge in [-0.15, -0.1) is 0 Å². The number of carbonyl (C=O) groups excluding carboxylic acids is 2. The summed E-state index contributed by atoms with van der Waals surface area (Å²) in [7, 11) is 3.12. The Morgan fingerprint density at radius 1 is 1.10 bits per heavy atom. The van der Waals surface area contributed by atoms with Crippen LogP contribution in [0.2, 0.25) is 0 Å². The molecule has 8 heteroatoms. The summed E-state index contributed by atoms with van der Waals surface area (Å²) in [6.45, 7) is 1.48. The van der Waals surface area contributed by atoms with Gasteiger partial charge in [-0.1, -0.05) is 6.07 Å². The second-order valence-corrected chi connectivity index (χ2v) is 6.65. The summed E-state index contributed by atoms with van der Waals surface area (Å²) >= 11 is 0. The third-order valence-electron chi connectivity index (χ3n) is 4.67. The Morgan fingerprint density at radius 3 is 2.66 bits per heavy atom. The molecule has 29 heavy (non-hydrogen) atoms. The number of methoxy groups -OCH3 is 2. The first-order valence-corrected chi connectivity index (χ1v) is 9.45. The minimum Gasteiger partial charge on any atom is -0.493 e. The Bertz CT molecular complexity index is 865. The van der Waals surface area contributed by atoms with Gasteiger partial charge in [0.1, 0.15) is 5.69 Å². The fraction of sp³-hybridized carbons (Fsp3) is 0.381. The summed E-state index contributed by atoms with van der Waals surface area (Å²) in [5.41, 5.74) is 1.41. The number of aromatic nitrogens is 1. The maximum Gasteiger partial charge on any atom is 0.270 e. The molecule has 154 valence electrons. The topological polar surface area (TPSA) is 98.8 Å². The van der Waals surface area contributed by atoms with Crippen LogP contribution in [0, 0.1) is 0 Å². The predicted molar refractivity (Wildman–Crippen MR) is 106 cm³/mol. The zero-order chi connectivity index (χ0) is 20.6. The Labute approximate surface area is 169 Å². The van der Waals surface area contributed by atoms with Gasteiger partial charge in [0.15, 0.2) is 11.5 Å². The molecule has 2 heterocycles. The first-order chi connectivity index (χ1) is 14.1. The molecule has 1 saturated heterocycles. The summed E-state index contributed by atoms with van der Waals surface area (Å²) in [4.78, 5) is 28.9. The lowest BCUT2D eigenvalue weighted by atomic mass is 10.1.